The number of thioether (sulfide) groups is 1. The van der Waals surface area contributed by atoms with Crippen molar-refractivity contribution in [3.63, 3.8) is 0 Å². The molecule has 2 rings (SSSR count). The Bertz CT molecular complexity index is 449. The van der Waals surface area contributed by atoms with E-state index >= 15 is 0 Å². The van der Waals surface area contributed by atoms with Crippen molar-refractivity contribution >= 4 is 28.7 Å². The van der Waals surface area contributed by atoms with Gasteiger partial charge in [-0.05, 0) is 12.1 Å². The summed E-state index contributed by atoms with van der Waals surface area (Å²) in [7, 11) is 0. The number of aromatic amines is 1. The first-order valence-electron chi connectivity index (χ1n) is 4.36. The second-order valence-corrected chi connectivity index (χ2v) is 3.88. The number of carbonyl (C=O) groups excluding carboxylic acids is 1. The second-order valence-electron chi connectivity index (χ2n) is 2.92. The van der Waals surface area contributed by atoms with E-state index in [4.69, 9.17) is 5.84 Å². The number of nitrogens with one attached hydrogen (secondary N) is 2. The van der Waals surface area contributed by atoms with Crippen molar-refractivity contribution in [2.24, 2.45) is 5.84 Å². The van der Waals surface area contributed by atoms with E-state index in [9.17, 15) is 4.79 Å². The van der Waals surface area contributed by atoms with Crippen LogP contribution in [0.15, 0.2) is 29.4 Å². The summed E-state index contributed by atoms with van der Waals surface area (Å²) in [6.07, 6.45) is 0. The zero-order valence-corrected chi connectivity index (χ0v) is 8.67. The average molecular weight is 222 g/mol. The molecule has 4 N–H and O–H groups in total. The molecular formula is C9H10N4OS. The van der Waals surface area contributed by atoms with Gasteiger partial charge in [-0.2, -0.15) is 0 Å². The molecule has 1 aromatic heterocycles. The molecule has 0 aliphatic heterocycles. The summed E-state index contributed by atoms with van der Waals surface area (Å²) < 4.78 is 0. The zero-order valence-electron chi connectivity index (χ0n) is 7.86. The molecule has 0 bridgehead atoms. The number of hydrogen-bond donors (Lipinski definition) is 3. The number of para-hydroxylation sites is 2. The number of hydrazine groups is 1. The van der Waals surface area contributed by atoms with Gasteiger partial charge >= 0.3 is 0 Å². The Kier molecular flexibility index (Phi) is 2.89. The van der Waals surface area contributed by atoms with Gasteiger partial charge in [0.2, 0.25) is 5.91 Å². The van der Waals surface area contributed by atoms with E-state index in [1.807, 2.05) is 24.3 Å². The maximum atomic E-state index is 10.9. The quantitative estimate of drug-likeness (QED) is 0.308. The number of rotatable bonds is 3. The molecule has 0 aliphatic carbocycles. The Morgan fingerprint density at radius 2 is 2.33 bits per heavy atom. The van der Waals surface area contributed by atoms with Gasteiger partial charge in [0, 0.05) is 0 Å². The van der Waals surface area contributed by atoms with Gasteiger partial charge < -0.3 is 4.98 Å². The van der Waals surface area contributed by atoms with Gasteiger partial charge in [-0.1, -0.05) is 23.9 Å². The first-order chi connectivity index (χ1) is 7.29. The maximum absolute atomic E-state index is 10.9. The number of fused-ring (bicyclic) bond motifs is 1. The number of amides is 1. The van der Waals surface area contributed by atoms with Crippen LogP contribution in [0, 0.1) is 0 Å². The predicted octanol–water partition coefficient (Wildman–Crippen LogP) is 0.645. The molecule has 0 aliphatic rings. The van der Waals surface area contributed by atoms with Crippen LogP contribution in [0.5, 0.6) is 0 Å². The van der Waals surface area contributed by atoms with Gasteiger partial charge in [0.15, 0.2) is 5.16 Å². The molecule has 1 aromatic carbocycles. The van der Waals surface area contributed by atoms with Crippen molar-refractivity contribution in [1.82, 2.24) is 15.4 Å². The smallest absolute Gasteiger partial charge is 0.244 e. The molecular weight excluding hydrogens is 212 g/mol. The largest absolute Gasteiger partial charge is 0.333 e. The molecule has 1 heterocycles. The molecule has 0 radical (unpaired) electrons. The number of nitrogens with zero attached hydrogens (tertiary/aromatic N) is 1. The normalized spacial score (nSPS) is 10.5. The topological polar surface area (TPSA) is 83.8 Å². The lowest BCUT2D eigenvalue weighted by molar-refractivity contribution is -0.118. The van der Waals surface area contributed by atoms with Gasteiger partial charge in [0.25, 0.3) is 0 Å². The molecule has 0 fully saturated rings. The van der Waals surface area contributed by atoms with Crippen LogP contribution < -0.4 is 11.3 Å². The molecule has 1 amide bonds. The minimum atomic E-state index is -0.222. The zero-order chi connectivity index (χ0) is 10.7. The van der Waals surface area contributed by atoms with E-state index in [1.165, 1.54) is 11.8 Å². The molecule has 0 saturated heterocycles. The Labute approximate surface area is 90.4 Å². The summed E-state index contributed by atoms with van der Waals surface area (Å²) in [5.74, 6) is 5.01. The first kappa shape index (κ1) is 10.0. The SMILES string of the molecule is NNC(=O)CSc1nc2ccccc2[nH]1. The molecule has 6 heteroatoms. The summed E-state index contributed by atoms with van der Waals surface area (Å²) >= 11 is 1.32. The second kappa shape index (κ2) is 4.33. The van der Waals surface area contributed by atoms with Crippen LogP contribution in [-0.2, 0) is 4.79 Å². The third-order valence-corrected chi connectivity index (χ3v) is 2.74. The van der Waals surface area contributed by atoms with Crippen molar-refractivity contribution in [2.45, 2.75) is 5.16 Å². The number of benzene rings is 1. The van der Waals surface area contributed by atoms with Crippen LogP contribution in [0.1, 0.15) is 0 Å². The number of aromatic nitrogens is 2. The van der Waals surface area contributed by atoms with Crippen molar-refractivity contribution in [2.75, 3.05) is 5.75 Å². The molecule has 2 aromatic rings. The first-order valence-corrected chi connectivity index (χ1v) is 5.35. The average Bonchev–Trinajstić information content (AvgIpc) is 2.68. The summed E-state index contributed by atoms with van der Waals surface area (Å²) in [6.45, 7) is 0. The van der Waals surface area contributed by atoms with Crippen molar-refractivity contribution in [3.05, 3.63) is 24.3 Å². The van der Waals surface area contributed by atoms with Gasteiger partial charge in [-0.3, -0.25) is 10.2 Å². The predicted molar refractivity (Wildman–Crippen MR) is 59.1 cm³/mol. The highest BCUT2D eigenvalue weighted by Gasteiger charge is 2.04. The molecule has 78 valence electrons. The van der Waals surface area contributed by atoms with E-state index in [0.29, 0.717) is 0 Å². The summed E-state index contributed by atoms with van der Waals surface area (Å²) in [4.78, 5) is 18.3. The Hall–Kier alpha value is -1.53. The lowest BCUT2D eigenvalue weighted by Crippen LogP contribution is -2.31. The van der Waals surface area contributed by atoms with Crippen LogP contribution in [0.25, 0.3) is 11.0 Å². The van der Waals surface area contributed by atoms with E-state index in [0.717, 1.165) is 16.2 Å². The van der Waals surface area contributed by atoms with Crippen molar-refractivity contribution in [1.29, 1.82) is 0 Å². The van der Waals surface area contributed by atoms with Crippen molar-refractivity contribution < 1.29 is 4.79 Å². The monoisotopic (exact) mass is 222 g/mol. The highest BCUT2D eigenvalue weighted by Crippen LogP contribution is 2.18. The molecule has 5 nitrogen and oxygen atoms in total. The highest BCUT2D eigenvalue weighted by atomic mass is 32.2. The Morgan fingerprint density at radius 3 is 3.07 bits per heavy atom. The fourth-order valence-electron chi connectivity index (χ4n) is 1.17. The fourth-order valence-corrected chi connectivity index (χ4v) is 1.87. The number of hydrogen-bond acceptors (Lipinski definition) is 4. The van der Waals surface area contributed by atoms with Crippen molar-refractivity contribution in [3.8, 4) is 0 Å². The number of nitrogens with two attached hydrogens (primary N) is 1. The molecule has 15 heavy (non-hydrogen) atoms. The third kappa shape index (κ3) is 2.28. The number of H-pyrrole nitrogens is 1. The van der Waals surface area contributed by atoms with E-state index < -0.39 is 0 Å². The van der Waals surface area contributed by atoms with Crippen LogP contribution in [0.4, 0.5) is 0 Å². The third-order valence-electron chi connectivity index (χ3n) is 1.87. The Balaban J connectivity index is 2.12. The van der Waals surface area contributed by atoms with Gasteiger partial charge in [0.05, 0.1) is 16.8 Å². The molecule has 0 saturated carbocycles. The number of imidazole rings is 1. The van der Waals surface area contributed by atoms with E-state index in [1.54, 1.807) is 0 Å². The minimum absolute atomic E-state index is 0.222. The highest BCUT2D eigenvalue weighted by molar-refractivity contribution is 7.99. The minimum Gasteiger partial charge on any atom is -0.333 e. The lowest BCUT2D eigenvalue weighted by Gasteiger charge is -1.95. The van der Waals surface area contributed by atoms with E-state index in [2.05, 4.69) is 15.4 Å². The van der Waals surface area contributed by atoms with Crippen LogP contribution in [0.3, 0.4) is 0 Å². The summed E-state index contributed by atoms with van der Waals surface area (Å²) in [5, 5.41) is 0.722. The Morgan fingerprint density at radius 1 is 1.53 bits per heavy atom. The van der Waals surface area contributed by atoms with Gasteiger partial charge in [0.1, 0.15) is 0 Å². The molecule has 0 atom stereocenters. The van der Waals surface area contributed by atoms with Crippen LogP contribution >= 0.6 is 11.8 Å². The van der Waals surface area contributed by atoms with Crippen LogP contribution in [0.2, 0.25) is 0 Å². The lowest BCUT2D eigenvalue weighted by atomic mass is 10.3. The standard InChI is InChI=1S/C9H10N4OS/c10-13-8(14)5-15-9-11-6-3-1-2-4-7(6)12-9/h1-4H,5,10H2,(H,11,12)(H,13,14). The molecule has 0 spiro atoms. The molecule has 0 unspecified atom stereocenters. The van der Waals surface area contributed by atoms with E-state index in [-0.39, 0.29) is 11.7 Å². The fraction of sp³-hybridized carbons (Fsp3) is 0.111. The maximum Gasteiger partial charge on any atom is 0.244 e. The summed E-state index contributed by atoms with van der Waals surface area (Å²) in [6, 6.07) is 7.71. The summed E-state index contributed by atoms with van der Waals surface area (Å²) in [5.41, 5.74) is 3.93. The van der Waals surface area contributed by atoms with Crippen LogP contribution in [-0.4, -0.2) is 21.6 Å². The van der Waals surface area contributed by atoms with Gasteiger partial charge in [-0.15, -0.1) is 0 Å². The number of carbonyl (C=O) groups is 1. The van der Waals surface area contributed by atoms with Gasteiger partial charge in [-0.25, -0.2) is 10.8 Å².